The first-order chi connectivity index (χ1) is 5.49. The van der Waals surface area contributed by atoms with E-state index < -0.39 is 6.04 Å². The Kier molecular flexibility index (Phi) is 4.85. The van der Waals surface area contributed by atoms with Crippen molar-refractivity contribution in [1.29, 1.82) is 0 Å². The Bertz CT molecular complexity index is 148. The summed E-state index contributed by atoms with van der Waals surface area (Å²) in [5.74, 6) is -0.115. The van der Waals surface area contributed by atoms with Crippen LogP contribution in [0.15, 0.2) is 0 Å². The number of hydrogen-bond acceptors (Lipinski definition) is 3. The van der Waals surface area contributed by atoms with Crippen molar-refractivity contribution in [2.75, 3.05) is 6.61 Å². The third-order valence-electron chi connectivity index (χ3n) is 1.93. The van der Waals surface area contributed by atoms with Crippen LogP contribution < -0.4 is 11.1 Å². The molecule has 0 aromatic heterocycles. The number of nitrogens with two attached hydrogens (primary N) is 1. The Morgan fingerprint density at radius 3 is 2.33 bits per heavy atom. The van der Waals surface area contributed by atoms with Crippen LogP contribution in [0.2, 0.25) is 0 Å². The number of carbonyl (C=O) groups excluding carboxylic acids is 1. The molecule has 1 amide bonds. The van der Waals surface area contributed by atoms with E-state index in [1.807, 2.05) is 13.8 Å². The van der Waals surface area contributed by atoms with Crippen LogP contribution in [0.5, 0.6) is 0 Å². The Labute approximate surface area is 73.1 Å². The van der Waals surface area contributed by atoms with E-state index >= 15 is 0 Å². The molecular formula is C8H18N2O2. The maximum absolute atomic E-state index is 11.1. The van der Waals surface area contributed by atoms with Gasteiger partial charge in [-0.15, -0.1) is 0 Å². The average Bonchev–Trinajstić information content (AvgIpc) is 2.02. The predicted octanol–water partition coefficient (Wildman–Crippen LogP) is -0.533. The molecule has 0 radical (unpaired) electrons. The highest BCUT2D eigenvalue weighted by Gasteiger charge is 2.15. The van der Waals surface area contributed by atoms with Gasteiger partial charge in [0.25, 0.3) is 0 Å². The summed E-state index contributed by atoms with van der Waals surface area (Å²) in [7, 11) is 0. The highest BCUT2D eigenvalue weighted by atomic mass is 16.3. The van der Waals surface area contributed by atoms with E-state index in [1.54, 1.807) is 6.92 Å². The van der Waals surface area contributed by atoms with Crippen LogP contribution in [0.4, 0.5) is 0 Å². The molecule has 0 aromatic rings. The molecule has 2 unspecified atom stereocenters. The first-order valence-electron chi connectivity index (χ1n) is 4.15. The summed E-state index contributed by atoms with van der Waals surface area (Å²) in [6.07, 6.45) is 0. The first-order valence-corrected chi connectivity index (χ1v) is 4.15. The fourth-order valence-corrected chi connectivity index (χ4v) is 0.656. The van der Waals surface area contributed by atoms with Crippen molar-refractivity contribution >= 4 is 5.91 Å². The van der Waals surface area contributed by atoms with Crippen LogP contribution in [-0.2, 0) is 4.79 Å². The molecule has 72 valence electrons. The maximum atomic E-state index is 11.1. The number of rotatable bonds is 4. The molecule has 0 bridgehead atoms. The largest absolute Gasteiger partial charge is 0.396 e. The van der Waals surface area contributed by atoms with Crippen LogP contribution in [0.1, 0.15) is 20.8 Å². The van der Waals surface area contributed by atoms with E-state index in [4.69, 9.17) is 10.8 Å². The fraction of sp³-hybridized carbons (Fsp3) is 0.875. The minimum atomic E-state index is -0.488. The zero-order valence-electron chi connectivity index (χ0n) is 7.87. The van der Waals surface area contributed by atoms with Gasteiger partial charge in [-0.2, -0.15) is 0 Å². The molecule has 0 heterocycles. The summed E-state index contributed by atoms with van der Waals surface area (Å²) in [5.41, 5.74) is 5.35. The van der Waals surface area contributed by atoms with E-state index in [0.29, 0.717) is 0 Å². The third-order valence-corrected chi connectivity index (χ3v) is 1.93. The molecule has 0 aliphatic heterocycles. The van der Waals surface area contributed by atoms with E-state index in [-0.39, 0.29) is 24.5 Å². The predicted molar refractivity (Wildman–Crippen MR) is 47.5 cm³/mol. The van der Waals surface area contributed by atoms with Gasteiger partial charge in [-0.1, -0.05) is 6.92 Å². The van der Waals surface area contributed by atoms with Crippen LogP contribution >= 0.6 is 0 Å². The monoisotopic (exact) mass is 174 g/mol. The highest BCUT2D eigenvalue weighted by molar-refractivity contribution is 5.81. The van der Waals surface area contributed by atoms with Gasteiger partial charge in [0.05, 0.1) is 6.04 Å². The zero-order valence-corrected chi connectivity index (χ0v) is 7.87. The van der Waals surface area contributed by atoms with Gasteiger partial charge < -0.3 is 16.2 Å². The lowest BCUT2D eigenvalue weighted by Gasteiger charge is -2.20. The third kappa shape index (κ3) is 3.69. The van der Waals surface area contributed by atoms with Gasteiger partial charge >= 0.3 is 0 Å². The summed E-state index contributed by atoms with van der Waals surface area (Å²) < 4.78 is 0. The Balaban J connectivity index is 3.83. The quantitative estimate of drug-likeness (QED) is 0.536. The molecule has 0 spiro atoms. The summed E-state index contributed by atoms with van der Waals surface area (Å²) >= 11 is 0. The van der Waals surface area contributed by atoms with Crippen LogP contribution in [0.3, 0.4) is 0 Å². The van der Waals surface area contributed by atoms with Crippen molar-refractivity contribution in [3.8, 4) is 0 Å². The number of nitrogens with one attached hydrogen (secondary N) is 1. The van der Waals surface area contributed by atoms with Gasteiger partial charge in [0.15, 0.2) is 0 Å². The standard InChI is InChI=1S/C8H18N2O2/c1-5(4-11)7(3)10-8(12)6(2)9/h5-7,11H,4,9H2,1-3H3,(H,10,12)/t5?,6-,7?/m1/s1. The molecule has 0 aromatic carbocycles. The van der Waals surface area contributed by atoms with Crippen molar-refractivity contribution in [2.45, 2.75) is 32.9 Å². The summed E-state index contributed by atoms with van der Waals surface area (Å²) in [6.45, 7) is 5.42. The lowest BCUT2D eigenvalue weighted by Crippen LogP contribution is -2.45. The maximum Gasteiger partial charge on any atom is 0.236 e. The van der Waals surface area contributed by atoms with Gasteiger partial charge in [-0.25, -0.2) is 0 Å². The molecular weight excluding hydrogens is 156 g/mol. The lowest BCUT2D eigenvalue weighted by molar-refractivity contribution is -0.123. The Morgan fingerprint density at radius 2 is 2.00 bits per heavy atom. The molecule has 0 aliphatic carbocycles. The second-order valence-electron chi connectivity index (χ2n) is 3.25. The molecule has 12 heavy (non-hydrogen) atoms. The van der Waals surface area contributed by atoms with E-state index in [2.05, 4.69) is 5.32 Å². The minimum absolute atomic E-state index is 0.0338. The molecule has 3 atom stereocenters. The van der Waals surface area contributed by atoms with Crippen molar-refractivity contribution in [3.05, 3.63) is 0 Å². The van der Waals surface area contributed by atoms with Gasteiger partial charge in [0.1, 0.15) is 0 Å². The van der Waals surface area contributed by atoms with E-state index in [1.165, 1.54) is 0 Å². The van der Waals surface area contributed by atoms with Crippen molar-refractivity contribution in [1.82, 2.24) is 5.32 Å². The lowest BCUT2D eigenvalue weighted by atomic mass is 10.1. The van der Waals surface area contributed by atoms with E-state index in [0.717, 1.165) is 0 Å². The Hall–Kier alpha value is -0.610. The SMILES string of the molecule is CC(CO)C(C)NC(=O)[C@@H](C)N. The number of hydrogen-bond donors (Lipinski definition) is 3. The Morgan fingerprint density at radius 1 is 1.50 bits per heavy atom. The van der Waals surface area contributed by atoms with Crippen LogP contribution in [0, 0.1) is 5.92 Å². The number of aliphatic hydroxyl groups is 1. The second-order valence-corrected chi connectivity index (χ2v) is 3.25. The van der Waals surface area contributed by atoms with Gasteiger partial charge in [0, 0.05) is 12.6 Å². The van der Waals surface area contributed by atoms with Crippen LogP contribution in [0.25, 0.3) is 0 Å². The highest BCUT2D eigenvalue weighted by Crippen LogP contribution is 2.00. The molecule has 4 heteroatoms. The number of carbonyl (C=O) groups is 1. The minimum Gasteiger partial charge on any atom is -0.396 e. The molecule has 0 saturated carbocycles. The molecule has 0 fully saturated rings. The molecule has 0 saturated heterocycles. The van der Waals surface area contributed by atoms with Gasteiger partial charge in [-0.3, -0.25) is 4.79 Å². The van der Waals surface area contributed by atoms with Crippen LogP contribution in [-0.4, -0.2) is 29.7 Å². The first kappa shape index (κ1) is 11.4. The van der Waals surface area contributed by atoms with Gasteiger partial charge in [0.2, 0.25) is 5.91 Å². The van der Waals surface area contributed by atoms with Crippen molar-refractivity contribution in [2.24, 2.45) is 11.7 Å². The second kappa shape index (κ2) is 5.11. The molecule has 4 nitrogen and oxygen atoms in total. The zero-order chi connectivity index (χ0) is 9.72. The number of amides is 1. The number of aliphatic hydroxyl groups excluding tert-OH is 1. The topological polar surface area (TPSA) is 75.3 Å². The molecule has 4 N–H and O–H groups in total. The normalized spacial score (nSPS) is 18.1. The van der Waals surface area contributed by atoms with Gasteiger partial charge in [-0.05, 0) is 19.8 Å². The summed E-state index contributed by atoms with van der Waals surface area (Å²) in [5, 5.41) is 11.5. The van der Waals surface area contributed by atoms with Crippen molar-refractivity contribution in [3.63, 3.8) is 0 Å². The smallest absolute Gasteiger partial charge is 0.236 e. The molecule has 0 aliphatic rings. The molecule has 0 rings (SSSR count). The summed E-state index contributed by atoms with van der Waals surface area (Å²) in [4.78, 5) is 11.1. The summed E-state index contributed by atoms with van der Waals surface area (Å²) in [6, 6.07) is -0.521. The van der Waals surface area contributed by atoms with E-state index in [9.17, 15) is 4.79 Å². The average molecular weight is 174 g/mol. The van der Waals surface area contributed by atoms with Crippen molar-refractivity contribution < 1.29 is 9.90 Å². The fourth-order valence-electron chi connectivity index (χ4n) is 0.656.